The smallest absolute Gasteiger partial charge is 0.281 e. The Morgan fingerprint density at radius 1 is 1.16 bits per heavy atom. The van der Waals surface area contributed by atoms with Gasteiger partial charge in [0.25, 0.3) is 10.0 Å². The van der Waals surface area contributed by atoms with Crippen molar-refractivity contribution < 1.29 is 8.42 Å². The van der Waals surface area contributed by atoms with Crippen LogP contribution in [0.1, 0.15) is 32.6 Å². The molecule has 19 heavy (non-hydrogen) atoms. The van der Waals surface area contributed by atoms with Gasteiger partial charge in [0.1, 0.15) is 0 Å². The monoisotopic (exact) mass is 280 g/mol. The van der Waals surface area contributed by atoms with E-state index in [4.69, 9.17) is 5.73 Å². The maximum Gasteiger partial charge on any atom is 0.281 e. The average Bonchev–Trinajstić information content (AvgIpc) is 2.39. The summed E-state index contributed by atoms with van der Waals surface area (Å²) in [6.07, 6.45) is 5.97. The van der Waals surface area contributed by atoms with Gasteiger partial charge in [-0.2, -0.15) is 12.8 Å². The highest BCUT2D eigenvalue weighted by Gasteiger charge is 2.18. The quantitative estimate of drug-likeness (QED) is 0.683. The normalized spacial score (nSPS) is 24.7. The molecular weight excluding hydrogens is 260 g/mol. The standard InChI is InChI=1S/C14H20N2O2S/c1-11-2-4-12(5-3-11)10-16-19(17,18)14-8-6-13(15)7-9-14/h6-12H,2-5,15H2,1H3/b16-10-. The lowest BCUT2D eigenvalue weighted by Crippen LogP contribution is -2.14. The molecule has 1 fully saturated rings. The zero-order valence-corrected chi connectivity index (χ0v) is 11.9. The van der Waals surface area contributed by atoms with E-state index in [1.165, 1.54) is 12.1 Å². The van der Waals surface area contributed by atoms with E-state index in [0.717, 1.165) is 31.6 Å². The van der Waals surface area contributed by atoms with Gasteiger partial charge >= 0.3 is 0 Å². The summed E-state index contributed by atoms with van der Waals surface area (Å²) >= 11 is 0. The number of anilines is 1. The third kappa shape index (κ3) is 3.80. The number of nitrogen functional groups attached to an aromatic ring is 1. The van der Waals surface area contributed by atoms with Crippen LogP contribution in [0.25, 0.3) is 0 Å². The van der Waals surface area contributed by atoms with Crippen LogP contribution in [-0.4, -0.2) is 14.6 Å². The summed E-state index contributed by atoms with van der Waals surface area (Å²) in [5, 5.41) is 0. The third-order valence-electron chi connectivity index (χ3n) is 3.65. The highest BCUT2D eigenvalue weighted by molar-refractivity contribution is 7.90. The fourth-order valence-corrected chi connectivity index (χ4v) is 3.24. The Balaban J connectivity index is 2.06. The molecule has 0 bridgehead atoms. The van der Waals surface area contributed by atoms with Gasteiger partial charge in [0.2, 0.25) is 0 Å². The van der Waals surface area contributed by atoms with Gasteiger partial charge in [0, 0.05) is 11.9 Å². The van der Waals surface area contributed by atoms with Gasteiger partial charge in [-0.15, -0.1) is 0 Å². The molecule has 104 valence electrons. The Morgan fingerprint density at radius 2 is 1.74 bits per heavy atom. The van der Waals surface area contributed by atoms with Gasteiger partial charge in [-0.1, -0.05) is 19.8 Å². The van der Waals surface area contributed by atoms with Crippen molar-refractivity contribution in [3.8, 4) is 0 Å². The lowest BCUT2D eigenvalue weighted by molar-refractivity contribution is 0.347. The first-order chi connectivity index (χ1) is 8.97. The second kappa shape index (κ2) is 5.74. The molecule has 1 aromatic rings. The predicted molar refractivity (Wildman–Crippen MR) is 77.7 cm³/mol. The first-order valence-electron chi connectivity index (χ1n) is 6.63. The van der Waals surface area contributed by atoms with Crippen LogP contribution in [-0.2, 0) is 10.0 Å². The van der Waals surface area contributed by atoms with Crippen molar-refractivity contribution in [1.29, 1.82) is 0 Å². The van der Waals surface area contributed by atoms with Gasteiger partial charge in [-0.25, -0.2) is 0 Å². The minimum absolute atomic E-state index is 0.196. The predicted octanol–water partition coefficient (Wildman–Crippen LogP) is 2.85. The van der Waals surface area contributed by atoms with Crippen molar-refractivity contribution in [2.45, 2.75) is 37.5 Å². The number of sulfonamides is 1. The highest BCUT2D eigenvalue weighted by Crippen LogP contribution is 2.27. The Kier molecular flexibility index (Phi) is 4.24. The molecule has 2 N–H and O–H groups in total. The number of rotatable bonds is 3. The Morgan fingerprint density at radius 3 is 2.32 bits per heavy atom. The van der Waals surface area contributed by atoms with Gasteiger partial charge in [0.15, 0.2) is 0 Å². The molecule has 1 aliphatic rings. The summed E-state index contributed by atoms with van der Waals surface area (Å²) in [6.45, 7) is 2.23. The molecule has 0 aromatic heterocycles. The van der Waals surface area contributed by atoms with Crippen LogP contribution in [0, 0.1) is 11.8 Å². The van der Waals surface area contributed by atoms with E-state index in [0.29, 0.717) is 11.6 Å². The summed E-state index contributed by atoms with van der Waals surface area (Å²) in [4.78, 5) is 0.196. The van der Waals surface area contributed by atoms with Gasteiger partial charge in [-0.05, 0) is 48.9 Å². The number of benzene rings is 1. The third-order valence-corrected chi connectivity index (χ3v) is 4.92. The van der Waals surface area contributed by atoms with Crippen LogP contribution in [0.4, 0.5) is 5.69 Å². The second-order valence-electron chi connectivity index (χ2n) is 5.32. The number of hydrogen-bond acceptors (Lipinski definition) is 3. The molecule has 4 nitrogen and oxygen atoms in total. The molecular formula is C14H20N2O2S. The van der Waals surface area contributed by atoms with Crippen LogP contribution in [0.15, 0.2) is 33.6 Å². The maximum absolute atomic E-state index is 12.0. The molecule has 0 saturated heterocycles. The van der Waals surface area contributed by atoms with Crippen LogP contribution in [0.5, 0.6) is 0 Å². The highest BCUT2D eigenvalue weighted by atomic mass is 32.2. The lowest BCUT2D eigenvalue weighted by Gasteiger charge is -2.22. The van der Waals surface area contributed by atoms with E-state index in [-0.39, 0.29) is 4.90 Å². The molecule has 5 heteroatoms. The number of nitrogens with two attached hydrogens (primary N) is 1. The van der Waals surface area contributed by atoms with Gasteiger partial charge in [0.05, 0.1) is 4.90 Å². The van der Waals surface area contributed by atoms with Crippen molar-refractivity contribution in [3.05, 3.63) is 24.3 Å². The Hall–Kier alpha value is -1.36. The SMILES string of the molecule is CC1CCC(/C=N\S(=O)(=O)c2ccc(N)cc2)CC1. The molecule has 0 atom stereocenters. The van der Waals surface area contributed by atoms with E-state index < -0.39 is 10.0 Å². The summed E-state index contributed by atoms with van der Waals surface area (Å²) in [6, 6.07) is 6.13. The summed E-state index contributed by atoms with van der Waals surface area (Å²) in [7, 11) is -3.58. The van der Waals surface area contributed by atoms with Crippen LogP contribution in [0.3, 0.4) is 0 Å². The minimum Gasteiger partial charge on any atom is -0.399 e. The fourth-order valence-electron chi connectivity index (χ4n) is 2.30. The molecule has 0 spiro atoms. The van der Waals surface area contributed by atoms with Gasteiger partial charge in [-0.3, -0.25) is 0 Å². The number of hydrogen-bond donors (Lipinski definition) is 1. The largest absolute Gasteiger partial charge is 0.399 e. The van der Waals surface area contributed by atoms with Crippen molar-refractivity contribution in [1.82, 2.24) is 0 Å². The molecule has 0 radical (unpaired) electrons. The molecule has 2 rings (SSSR count). The minimum atomic E-state index is -3.58. The lowest BCUT2D eigenvalue weighted by atomic mass is 9.84. The molecule has 1 aliphatic carbocycles. The van der Waals surface area contributed by atoms with E-state index in [1.807, 2.05) is 0 Å². The van der Waals surface area contributed by atoms with Gasteiger partial charge < -0.3 is 5.73 Å². The van der Waals surface area contributed by atoms with E-state index >= 15 is 0 Å². The summed E-state index contributed by atoms with van der Waals surface area (Å²) in [5.74, 6) is 1.04. The zero-order chi connectivity index (χ0) is 13.9. The van der Waals surface area contributed by atoms with E-state index in [2.05, 4.69) is 11.3 Å². The molecule has 0 heterocycles. The second-order valence-corrected chi connectivity index (χ2v) is 6.95. The first kappa shape index (κ1) is 14.1. The first-order valence-corrected chi connectivity index (χ1v) is 8.07. The van der Waals surface area contributed by atoms with Crippen LogP contribution < -0.4 is 5.73 Å². The summed E-state index contributed by atoms with van der Waals surface area (Å²) in [5.41, 5.74) is 6.09. The topological polar surface area (TPSA) is 72.5 Å². The van der Waals surface area contributed by atoms with Crippen LogP contribution >= 0.6 is 0 Å². The van der Waals surface area contributed by atoms with E-state index in [1.54, 1.807) is 18.3 Å². The maximum atomic E-state index is 12.0. The fraction of sp³-hybridized carbons (Fsp3) is 0.500. The molecule has 1 saturated carbocycles. The van der Waals surface area contributed by atoms with E-state index in [9.17, 15) is 8.42 Å². The molecule has 0 amide bonds. The molecule has 0 unspecified atom stereocenters. The van der Waals surface area contributed by atoms with Crippen molar-refractivity contribution in [2.75, 3.05) is 5.73 Å². The average molecular weight is 280 g/mol. The zero-order valence-electron chi connectivity index (χ0n) is 11.1. The Labute approximate surface area is 114 Å². The van der Waals surface area contributed by atoms with Crippen molar-refractivity contribution in [2.24, 2.45) is 16.2 Å². The Bertz CT molecular complexity index is 541. The summed E-state index contributed by atoms with van der Waals surface area (Å²) < 4.78 is 27.8. The molecule has 1 aromatic carbocycles. The van der Waals surface area contributed by atoms with Crippen molar-refractivity contribution >= 4 is 21.9 Å². The number of nitrogens with zero attached hydrogens (tertiary/aromatic N) is 1. The van der Waals surface area contributed by atoms with Crippen molar-refractivity contribution in [3.63, 3.8) is 0 Å². The van der Waals surface area contributed by atoms with Crippen LogP contribution in [0.2, 0.25) is 0 Å². The molecule has 0 aliphatic heterocycles.